The molecule has 0 aromatic heterocycles. The number of hydrogen-bond acceptors (Lipinski definition) is 7. The lowest BCUT2D eigenvalue weighted by Gasteiger charge is -2.01. The Kier molecular flexibility index (Phi) is 4.59. The summed E-state index contributed by atoms with van der Waals surface area (Å²) in [5, 5.41) is 28.5. The number of phenols is 1. The molecule has 0 bridgehead atoms. The smallest absolute Gasteiger partial charge is 0.290 e. The molecule has 2 aromatic carbocycles. The van der Waals surface area contributed by atoms with Crippen LogP contribution < -0.4 is 5.32 Å². The van der Waals surface area contributed by atoms with Crippen molar-refractivity contribution in [3.8, 4) is 11.8 Å². The van der Waals surface area contributed by atoms with E-state index in [1.54, 1.807) is 36.4 Å². The number of carbonyl (C=O) groups excluding carboxylic acids is 2. The van der Waals surface area contributed by atoms with Crippen molar-refractivity contribution in [1.82, 2.24) is 5.32 Å². The van der Waals surface area contributed by atoms with Crippen LogP contribution in [0.2, 0.25) is 0 Å². The maximum atomic E-state index is 11.6. The third-order valence-electron chi connectivity index (χ3n) is 3.22. The van der Waals surface area contributed by atoms with E-state index in [2.05, 4.69) is 15.5 Å². The molecular weight excluding hydrogens is 340 g/mol. The average Bonchev–Trinajstić information content (AvgIpc) is 2.93. The second kappa shape index (κ2) is 6.98. The number of nitrogens with zero attached hydrogens (tertiary/aromatic N) is 3. The average molecular weight is 350 g/mol. The highest BCUT2D eigenvalue weighted by molar-refractivity contribution is 8.18. The van der Waals surface area contributed by atoms with Crippen LogP contribution >= 0.6 is 11.8 Å². The van der Waals surface area contributed by atoms with E-state index in [1.165, 1.54) is 12.1 Å². The first kappa shape index (κ1) is 16.4. The molecule has 0 aliphatic carbocycles. The molecule has 0 spiro atoms. The van der Waals surface area contributed by atoms with Crippen LogP contribution in [-0.4, -0.2) is 16.3 Å². The SMILES string of the molecule is N#Cc1ccc(N=Nc2ccc(O)c(/C=C3\SC(=O)NC3=O)c2)cc1. The number of phenolic OH excluding ortho intramolecular Hbond substituents is 1. The van der Waals surface area contributed by atoms with Crippen molar-refractivity contribution in [2.75, 3.05) is 0 Å². The predicted molar refractivity (Wildman–Crippen MR) is 92.5 cm³/mol. The number of carbonyl (C=O) groups is 2. The van der Waals surface area contributed by atoms with Crippen molar-refractivity contribution in [3.05, 3.63) is 58.5 Å². The van der Waals surface area contributed by atoms with Crippen molar-refractivity contribution in [3.63, 3.8) is 0 Å². The molecule has 0 saturated carbocycles. The standard InChI is InChI=1S/C17H10N4O3S/c18-9-10-1-3-12(4-2-10)20-21-13-5-6-14(22)11(7-13)8-15-16(23)19-17(24)25-15/h1-8,22H,(H,19,23,24)/b15-8-,21-20?. The number of amides is 2. The molecule has 122 valence electrons. The number of benzene rings is 2. The van der Waals surface area contributed by atoms with E-state index in [9.17, 15) is 14.7 Å². The first-order valence-corrected chi connectivity index (χ1v) is 7.86. The predicted octanol–water partition coefficient (Wildman–Crippen LogP) is 4.00. The molecule has 1 aliphatic heterocycles. The Morgan fingerprint density at radius 3 is 2.40 bits per heavy atom. The van der Waals surface area contributed by atoms with Gasteiger partial charge in [-0.1, -0.05) is 0 Å². The number of nitrogens with one attached hydrogen (secondary N) is 1. The van der Waals surface area contributed by atoms with Crippen LogP contribution in [0, 0.1) is 11.3 Å². The van der Waals surface area contributed by atoms with Crippen molar-refractivity contribution in [1.29, 1.82) is 5.26 Å². The van der Waals surface area contributed by atoms with Crippen LogP contribution in [-0.2, 0) is 4.79 Å². The maximum Gasteiger partial charge on any atom is 0.290 e. The molecule has 7 nitrogen and oxygen atoms in total. The second-order valence-electron chi connectivity index (χ2n) is 4.95. The van der Waals surface area contributed by atoms with Gasteiger partial charge in [-0.15, -0.1) is 0 Å². The Morgan fingerprint density at radius 1 is 1.08 bits per heavy atom. The topological polar surface area (TPSA) is 115 Å². The minimum atomic E-state index is -0.501. The number of hydrogen-bond donors (Lipinski definition) is 2. The summed E-state index contributed by atoms with van der Waals surface area (Å²) in [5.41, 5.74) is 1.91. The normalized spacial score (nSPS) is 15.6. The summed E-state index contributed by atoms with van der Waals surface area (Å²) in [6.45, 7) is 0. The van der Waals surface area contributed by atoms with E-state index in [1.807, 2.05) is 6.07 Å². The molecule has 2 N–H and O–H groups in total. The van der Waals surface area contributed by atoms with Gasteiger partial charge in [-0.05, 0) is 60.3 Å². The highest BCUT2D eigenvalue weighted by Crippen LogP contribution is 2.31. The highest BCUT2D eigenvalue weighted by atomic mass is 32.2. The Morgan fingerprint density at radius 2 is 1.76 bits per heavy atom. The lowest BCUT2D eigenvalue weighted by Crippen LogP contribution is -2.17. The van der Waals surface area contributed by atoms with Gasteiger partial charge in [0.1, 0.15) is 5.75 Å². The van der Waals surface area contributed by atoms with Crippen molar-refractivity contribution in [2.45, 2.75) is 0 Å². The van der Waals surface area contributed by atoms with E-state index in [0.29, 0.717) is 22.5 Å². The number of nitriles is 1. The summed E-state index contributed by atoms with van der Waals surface area (Å²) in [7, 11) is 0. The van der Waals surface area contributed by atoms with Gasteiger partial charge in [0.05, 0.1) is 27.9 Å². The molecule has 2 amide bonds. The molecule has 1 fully saturated rings. The fourth-order valence-electron chi connectivity index (χ4n) is 2.00. The Labute approximate surface area is 146 Å². The number of imide groups is 1. The first-order chi connectivity index (χ1) is 12.0. The van der Waals surface area contributed by atoms with Crippen LogP contribution in [0.5, 0.6) is 5.75 Å². The van der Waals surface area contributed by atoms with Crippen LogP contribution in [0.1, 0.15) is 11.1 Å². The molecule has 0 unspecified atom stereocenters. The summed E-state index contributed by atoms with van der Waals surface area (Å²) in [6.07, 6.45) is 1.42. The van der Waals surface area contributed by atoms with E-state index in [4.69, 9.17) is 5.26 Å². The number of azo groups is 1. The Hall–Kier alpha value is -3.44. The zero-order valence-electron chi connectivity index (χ0n) is 12.6. The van der Waals surface area contributed by atoms with E-state index in [0.717, 1.165) is 11.8 Å². The lowest BCUT2D eigenvalue weighted by atomic mass is 10.1. The summed E-state index contributed by atoms with van der Waals surface area (Å²) in [5.74, 6) is -0.545. The zero-order valence-corrected chi connectivity index (χ0v) is 13.4. The lowest BCUT2D eigenvalue weighted by molar-refractivity contribution is -0.115. The van der Waals surface area contributed by atoms with Gasteiger partial charge < -0.3 is 5.11 Å². The minimum Gasteiger partial charge on any atom is -0.507 e. The minimum absolute atomic E-state index is 0.0439. The largest absolute Gasteiger partial charge is 0.507 e. The van der Waals surface area contributed by atoms with Crippen LogP contribution in [0.3, 0.4) is 0 Å². The molecular formula is C17H10N4O3S. The number of thioether (sulfide) groups is 1. The molecule has 0 atom stereocenters. The molecule has 8 heteroatoms. The second-order valence-corrected chi connectivity index (χ2v) is 5.97. The fourth-order valence-corrected chi connectivity index (χ4v) is 2.67. The van der Waals surface area contributed by atoms with Crippen molar-refractivity contribution in [2.24, 2.45) is 10.2 Å². The molecule has 25 heavy (non-hydrogen) atoms. The highest BCUT2D eigenvalue weighted by Gasteiger charge is 2.25. The molecule has 3 rings (SSSR count). The quantitative estimate of drug-likeness (QED) is 0.641. The van der Waals surface area contributed by atoms with Crippen molar-refractivity contribution >= 4 is 40.4 Å². The van der Waals surface area contributed by atoms with E-state index < -0.39 is 11.1 Å². The molecule has 1 heterocycles. The summed E-state index contributed by atoms with van der Waals surface area (Å²) < 4.78 is 0. The van der Waals surface area contributed by atoms with Crippen molar-refractivity contribution < 1.29 is 14.7 Å². The van der Waals surface area contributed by atoms with Gasteiger partial charge in [0.15, 0.2) is 0 Å². The molecule has 0 radical (unpaired) electrons. The molecule has 2 aromatic rings. The summed E-state index contributed by atoms with van der Waals surface area (Å²) in [6, 6.07) is 13.2. The Balaban J connectivity index is 1.85. The summed E-state index contributed by atoms with van der Waals surface area (Å²) in [4.78, 5) is 23.0. The van der Waals surface area contributed by atoms with Gasteiger partial charge in [0, 0.05) is 5.56 Å². The maximum absolute atomic E-state index is 11.6. The third-order valence-corrected chi connectivity index (χ3v) is 4.03. The third kappa shape index (κ3) is 3.91. The van der Waals surface area contributed by atoms with Crippen LogP contribution in [0.25, 0.3) is 6.08 Å². The van der Waals surface area contributed by atoms with E-state index in [-0.39, 0.29) is 10.7 Å². The van der Waals surface area contributed by atoms with Gasteiger partial charge in [-0.3, -0.25) is 14.9 Å². The van der Waals surface area contributed by atoms with E-state index >= 15 is 0 Å². The summed E-state index contributed by atoms with van der Waals surface area (Å²) >= 11 is 0.767. The van der Waals surface area contributed by atoms with Crippen LogP contribution in [0.4, 0.5) is 16.2 Å². The molecule has 1 saturated heterocycles. The van der Waals surface area contributed by atoms with Gasteiger partial charge in [0.2, 0.25) is 0 Å². The van der Waals surface area contributed by atoms with Gasteiger partial charge in [0.25, 0.3) is 11.1 Å². The van der Waals surface area contributed by atoms with Gasteiger partial charge >= 0.3 is 0 Å². The van der Waals surface area contributed by atoms with Gasteiger partial charge in [-0.25, -0.2) is 0 Å². The first-order valence-electron chi connectivity index (χ1n) is 7.05. The monoisotopic (exact) mass is 350 g/mol. The fraction of sp³-hybridized carbons (Fsp3) is 0. The Bertz CT molecular complexity index is 959. The zero-order chi connectivity index (χ0) is 17.8. The van der Waals surface area contributed by atoms with Crippen LogP contribution in [0.15, 0.2) is 57.6 Å². The number of aromatic hydroxyl groups is 1. The number of rotatable bonds is 3. The molecule has 1 aliphatic rings. The van der Waals surface area contributed by atoms with Gasteiger partial charge in [-0.2, -0.15) is 15.5 Å².